The second kappa shape index (κ2) is 7.25. The Kier molecular flexibility index (Phi) is 5.64. The lowest BCUT2D eigenvalue weighted by atomic mass is 9.78. The Morgan fingerprint density at radius 1 is 1.32 bits per heavy atom. The lowest BCUT2D eigenvalue weighted by Gasteiger charge is -2.31. The molecule has 4 heteroatoms. The highest BCUT2D eigenvalue weighted by atomic mass is 16.5. The summed E-state index contributed by atoms with van der Waals surface area (Å²) in [5.41, 5.74) is 6.00. The maximum atomic E-state index is 12.2. The van der Waals surface area contributed by atoms with E-state index >= 15 is 0 Å². The van der Waals surface area contributed by atoms with Gasteiger partial charge in [-0.05, 0) is 44.4 Å². The van der Waals surface area contributed by atoms with Crippen LogP contribution < -0.4 is 11.1 Å². The van der Waals surface area contributed by atoms with Gasteiger partial charge >= 0.3 is 0 Å². The third-order valence-electron chi connectivity index (χ3n) is 4.65. The number of rotatable bonds is 4. The molecule has 0 radical (unpaired) electrons. The van der Waals surface area contributed by atoms with Gasteiger partial charge in [-0.3, -0.25) is 4.79 Å². The highest BCUT2D eigenvalue weighted by molar-refractivity contribution is 5.78. The van der Waals surface area contributed by atoms with Crippen molar-refractivity contribution in [2.24, 2.45) is 17.6 Å². The van der Waals surface area contributed by atoms with Crippen LogP contribution in [0.15, 0.2) is 0 Å². The van der Waals surface area contributed by atoms with Crippen molar-refractivity contribution >= 4 is 5.91 Å². The van der Waals surface area contributed by atoms with Crippen LogP contribution >= 0.6 is 0 Å². The molecule has 1 heterocycles. The number of carbonyl (C=O) groups is 1. The molecule has 1 amide bonds. The number of hydrogen-bond donors (Lipinski definition) is 2. The third-order valence-corrected chi connectivity index (χ3v) is 4.65. The zero-order valence-electron chi connectivity index (χ0n) is 12.1. The molecule has 1 saturated carbocycles. The summed E-state index contributed by atoms with van der Waals surface area (Å²) in [5, 5.41) is 3.06. The van der Waals surface area contributed by atoms with Gasteiger partial charge in [-0.1, -0.05) is 13.3 Å². The first kappa shape index (κ1) is 14.8. The van der Waals surface area contributed by atoms with Crippen molar-refractivity contribution in [3.8, 4) is 0 Å². The molecule has 0 spiro atoms. The monoisotopic (exact) mass is 268 g/mol. The minimum atomic E-state index is 0.0786. The Morgan fingerprint density at radius 2 is 2.16 bits per heavy atom. The van der Waals surface area contributed by atoms with E-state index in [2.05, 4.69) is 5.32 Å². The number of hydrogen-bond acceptors (Lipinski definition) is 3. The molecule has 1 saturated heterocycles. The number of ether oxygens (including phenoxy) is 1. The zero-order valence-corrected chi connectivity index (χ0v) is 12.1. The lowest BCUT2D eigenvalue weighted by Crippen LogP contribution is -2.41. The molecule has 2 aliphatic rings. The molecule has 0 aromatic rings. The van der Waals surface area contributed by atoms with Crippen LogP contribution in [0.1, 0.15) is 51.9 Å². The summed E-state index contributed by atoms with van der Waals surface area (Å²) in [5.74, 6) is 0.708. The Hall–Kier alpha value is -0.610. The zero-order chi connectivity index (χ0) is 13.7. The van der Waals surface area contributed by atoms with Crippen molar-refractivity contribution in [1.29, 1.82) is 0 Å². The van der Waals surface area contributed by atoms with Crippen LogP contribution in [0.25, 0.3) is 0 Å². The third kappa shape index (κ3) is 4.46. The van der Waals surface area contributed by atoms with Gasteiger partial charge < -0.3 is 15.8 Å². The number of nitrogens with one attached hydrogen (secondary N) is 1. The fraction of sp³-hybridized carbons (Fsp3) is 0.933. The van der Waals surface area contributed by atoms with Crippen LogP contribution in [0.5, 0.6) is 0 Å². The van der Waals surface area contributed by atoms with E-state index in [-0.39, 0.29) is 24.0 Å². The van der Waals surface area contributed by atoms with Crippen molar-refractivity contribution in [2.75, 3.05) is 13.2 Å². The lowest BCUT2D eigenvalue weighted by molar-refractivity contribution is -0.127. The van der Waals surface area contributed by atoms with Crippen LogP contribution in [0.2, 0.25) is 0 Å². The fourth-order valence-corrected chi connectivity index (χ4v) is 3.28. The summed E-state index contributed by atoms with van der Waals surface area (Å²) in [6.07, 6.45) is 8.07. The highest BCUT2D eigenvalue weighted by Gasteiger charge is 2.28. The minimum Gasteiger partial charge on any atom is -0.376 e. The molecule has 0 aromatic heterocycles. The standard InChI is InChI=1S/C15H28N2O2/c1-11(12-5-4-6-13(16)9-12)15(18)17-10-14-7-2-3-8-19-14/h11-14H,2-10,16H2,1H3,(H,17,18). The van der Waals surface area contributed by atoms with E-state index < -0.39 is 0 Å². The van der Waals surface area contributed by atoms with Gasteiger partial charge in [-0.25, -0.2) is 0 Å². The van der Waals surface area contributed by atoms with Gasteiger partial charge in [0.2, 0.25) is 5.91 Å². The second-order valence-electron chi connectivity index (χ2n) is 6.21. The maximum Gasteiger partial charge on any atom is 0.223 e. The fourth-order valence-electron chi connectivity index (χ4n) is 3.28. The minimum absolute atomic E-state index is 0.0786. The predicted molar refractivity (Wildman–Crippen MR) is 75.7 cm³/mol. The van der Waals surface area contributed by atoms with E-state index in [0.717, 1.165) is 45.1 Å². The Bertz CT molecular complexity index is 290. The molecule has 0 bridgehead atoms. The molecular weight excluding hydrogens is 240 g/mol. The van der Waals surface area contributed by atoms with E-state index in [1.165, 1.54) is 6.42 Å². The first-order valence-electron chi connectivity index (χ1n) is 7.81. The van der Waals surface area contributed by atoms with E-state index in [1.807, 2.05) is 6.92 Å². The van der Waals surface area contributed by atoms with E-state index in [4.69, 9.17) is 10.5 Å². The molecule has 3 N–H and O–H groups in total. The van der Waals surface area contributed by atoms with Crippen LogP contribution in [0, 0.1) is 11.8 Å². The number of amides is 1. The average Bonchev–Trinajstić information content (AvgIpc) is 2.45. The smallest absolute Gasteiger partial charge is 0.223 e. The van der Waals surface area contributed by atoms with Crippen molar-refractivity contribution in [3.63, 3.8) is 0 Å². The Labute approximate surface area is 116 Å². The van der Waals surface area contributed by atoms with Gasteiger partial charge in [0.05, 0.1) is 6.10 Å². The Morgan fingerprint density at radius 3 is 2.84 bits per heavy atom. The molecule has 1 aliphatic carbocycles. The predicted octanol–water partition coefficient (Wildman–Crippen LogP) is 1.83. The van der Waals surface area contributed by atoms with Gasteiger partial charge in [0.25, 0.3) is 0 Å². The average molecular weight is 268 g/mol. The SMILES string of the molecule is CC(C(=O)NCC1CCCCO1)C1CCCC(N)C1. The highest BCUT2D eigenvalue weighted by Crippen LogP contribution is 2.29. The van der Waals surface area contributed by atoms with Crippen LogP contribution in [0.3, 0.4) is 0 Å². The van der Waals surface area contributed by atoms with Crippen LogP contribution in [-0.2, 0) is 9.53 Å². The van der Waals surface area contributed by atoms with Gasteiger partial charge in [-0.15, -0.1) is 0 Å². The maximum absolute atomic E-state index is 12.2. The molecule has 110 valence electrons. The van der Waals surface area contributed by atoms with E-state index in [0.29, 0.717) is 12.5 Å². The van der Waals surface area contributed by atoms with Gasteiger partial charge in [0.15, 0.2) is 0 Å². The number of nitrogens with two attached hydrogens (primary N) is 1. The topological polar surface area (TPSA) is 64.3 Å². The Balaban J connectivity index is 1.72. The van der Waals surface area contributed by atoms with Crippen molar-refractivity contribution in [3.05, 3.63) is 0 Å². The second-order valence-corrected chi connectivity index (χ2v) is 6.21. The molecule has 2 fully saturated rings. The van der Waals surface area contributed by atoms with Crippen molar-refractivity contribution in [1.82, 2.24) is 5.32 Å². The van der Waals surface area contributed by atoms with Crippen LogP contribution in [-0.4, -0.2) is 31.2 Å². The van der Waals surface area contributed by atoms with Crippen molar-refractivity contribution in [2.45, 2.75) is 64.0 Å². The molecular formula is C15H28N2O2. The van der Waals surface area contributed by atoms with Gasteiger partial charge in [-0.2, -0.15) is 0 Å². The van der Waals surface area contributed by atoms with Gasteiger partial charge in [0, 0.05) is 25.1 Å². The summed E-state index contributed by atoms with van der Waals surface area (Å²) in [4.78, 5) is 12.2. The van der Waals surface area contributed by atoms with E-state index in [9.17, 15) is 4.79 Å². The molecule has 4 unspecified atom stereocenters. The first-order valence-corrected chi connectivity index (χ1v) is 7.81. The first-order chi connectivity index (χ1) is 9.16. The largest absolute Gasteiger partial charge is 0.376 e. The number of carbonyl (C=O) groups excluding carboxylic acids is 1. The normalized spacial score (nSPS) is 33.7. The molecule has 0 aromatic carbocycles. The van der Waals surface area contributed by atoms with Crippen molar-refractivity contribution < 1.29 is 9.53 Å². The summed E-state index contributed by atoms with van der Waals surface area (Å²) in [6, 6.07) is 0.288. The van der Waals surface area contributed by atoms with Gasteiger partial charge in [0.1, 0.15) is 0 Å². The summed E-state index contributed by atoms with van der Waals surface area (Å²) in [7, 11) is 0. The molecule has 4 atom stereocenters. The molecule has 2 rings (SSSR count). The van der Waals surface area contributed by atoms with E-state index in [1.54, 1.807) is 0 Å². The molecule has 4 nitrogen and oxygen atoms in total. The van der Waals surface area contributed by atoms with Crippen LogP contribution in [0.4, 0.5) is 0 Å². The summed E-state index contributed by atoms with van der Waals surface area (Å²) < 4.78 is 5.64. The summed E-state index contributed by atoms with van der Waals surface area (Å²) in [6.45, 7) is 3.55. The molecule has 19 heavy (non-hydrogen) atoms. The molecule has 1 aliphatic heterocycles. The summed E-state index contributed by atoms with van der Waals surface area (Å²) >= 11 is 0. The quantitative estimate of drug-likeness (QED) is 0.817.